The average molecular weight is 365 g/mol. The van der Waals surface area contributed by atoms with Gasteiger partial charge >= 0.3 is 0 Å². The van der Waals surface area contributed by atoms with Crippen LogP contribution >= 0.6 is 0 Å². The molecule has 3 fully saturated rings. The maximum atomic E-state index is 11.7. The first-order valence-corrected chi connectivity index (χ1v) is 11.0. The van der Waals surface area contributed by atoms with Crippen LogP contribution in [0, 0.1) is 5.41 Å². The standard InChI is InChI=1S/C21H40N4O/c1-4-20(26)22-19-6-7-21(19)8-12-23(13-9-21)10-5-11-24-14-16-25(17-15-24)18(2)3/h18-19H,4-17H2,1-3H3,(H,22,26). The van der Waals surface area contributed by atoms with E-state index in [1.165, 1.54) is 84.5 Å². The summed E-state index contributed by atoms with van der Waals surface area (Å²) in [5.41, 5.74) is 0.425. The molecule has 1 spiro atoms. The number of hydrogen-bond donors (Lipinski definition) is 1. The summed E-state index contributed by atoms with van der Waals surface area (Å²) in [5.74, 6) is 0.231. The van der Waals surface area contributed by atoms with Crippen molar-refractivity contribution >= 4 is 5.91 Å². The lowest BCUT2D eigenvalue weighted by Gasteiger charge is -2.54. The van der Waals surface area contributed by atoms with E-state index in [2.05, 4.69) is 33.9 Å². The summed E-state index contributed by atoms with van der Waals surface area (Å²) in [6.45, 7) is 16.4. The number of rotatable bonds is 7. The van der Waals surface area contributed by atoms with Crippen LogP contribution in [0.3, 0.4) is 0 Å². The van der Waals surface area contributed by atoms with Gasteiger partial charge in [0.05, 0.1) is 0 Å². The smallest absolute Gasteiger partial charge is 0.219 e. The van der Waals surface area contributed by atoms with Crippen LogP contribution in [-0.4, -0.2) is 85.0 Å². The summed E-state index contributed by atoms with van der Waals surface area (Å²) in [6, 6.07) is 1.14. The van der Waals surface area contributed by atoms with Gasteiger partial charge in [-0.1, -0.05) is 6.92 Å². The Hall–Kier alpha value is -0.650. The van der Waals surface area contributed by atoms with E-state index in [-0.39, 0.29) is 5.91 Å². The van der Waals surface area contributed by atoms with Gasteiger partial charge in [0.1, 0.15) is 0 Å². The van der Waals surface area contributed by atoms with Crippen molar-refractivity contribution in [1.82, 2.24) is 20.0 Å². The van der Waals surface area contributed by atoms with Gasteiger partial charge in [0.25, 0.3) is 0 Å². The van der Waals surface area contributed by atoms with Crippen molar-refractivity contribution < 1.29 is 4.79 Å². The Balaban J connectivity index is 1.31. The maximum absolute atomic E-state index is 11.7. The van der Waals surface area contributed by atoms with Crippen LogP contribution in [0.2, 0.25) is 0 Å². The van der Waals surface area contributed by atoms with E-state index in [1.54, 1.807) is 0 Å². The minimum atomic E-state index is 0.231. The molecule has 26 heavy (non-hydrogen) atoms. The highest BCUT2D eigenvalue weighted by molar-refractivity contribution is 5.76. The fourth-order valence-electron chi connectivity index (χ4n) is 5.06. The van der Waals surface area contributed by atoms with Crippen LogP contribution in [0.25, 0.3) is 0 Å². The molecule has 1 N–H and O–H groups in total. The van der Waals surface area contributed by atoms with Crippen LogP contribution in [0.5, 0.6) is 0 Å². The van der Waals surface area contributed by atoms with Crippen LogP contribution < -0.4 is 5.32 Å². The molecule has 1 amide bonds. The van der Waals surface area contributed by atoms with Crippen molar-refractivity contribution in [3.05, 3.63) is 0 Å². The lowest BCUT2D eigenvalue weighted by Crippen LogP contribution is -2.59. The number of nitrogens with zero attached hydrogens (tertiary/aromatic N) is 3. The highest BCUT2D eigenvalue weighted by atomic mass is 16.1. The summed E-state index contributed by atoms with van der Waals surface area (Å²) in [4.78, 5) is 19.6. The molecule has 0 aromatic carbocycles. The molecule has 5 nitrogen and oxygen atoms in total. The fraction of sp³-hybridized carbons (Fsp3) is 0.952. The van der Waals surface area contributed by atoms with Gasteiger partial charge in [0, 0.05) is 44.7 Å². The maximum Gasteiger partial charge on any atom is 0.219 e. The Bertz CT molecular complexity index is 451. The molecule has 3 aliphatic rings. The molecule has 2 aliphatic heterocycles. The normalized spacial score (nSPS) is 27.6. The molecule has 150 valence electrons. The Kier molecular flexibility index (Phi) is 6.98. The molecule has 0 aromatic heterocycles. The van der Waals surface area contributed by atoms with E-state index >= 15 is 0 Å². The largest absolute Gasteiger partial charge is 0.353 e. The fourth-order valence-corrected chi connectivity index (χ4v) is 5.06. The Morgan fingerprint density at radius 2 is 1.62 bits per heavy atom. The van der Waals surface area contributed by atoms with Crippen molar-refractivity contribution in [2.75, 3.05) is 52.4 Å². The summed E-state index contributed by atoms with van der Waals surface area (Å²) in [5, 5.41) is 3.27. The number of hydrogen-bond acceptors (Lipinski definition) is 4. The zero-order valence-corrected chi connectivity index (χ0v) is 17.3. The topological polar surface area (TPSA) is 38.8 Å². The summed E-state index contributed by atoms with van der Waals surface area (Å²) < 4.78 is 0. The first-order valence-electron chi connectivity index (χ1n) is 11.0. The van der Waals surface area contributed by atoms with E-state index in [0.717, 1.165) is 0 Å². The number of piperazine rings is 1. The lowest BCUT2D eigenvalue weighted by atomic mass is 9.59. The molecule has 1 unspecified atom stereocenters. The second kappa shape index (κ2) is 9.03. The minimum Gasteiger partial charge on any atom is -0.353 e. The highest BCUT2D eigenvalue weighted by Gasteiger charge is 2.48. The Labute approximate surface area is 160 Å². The number of carbonyl (C=O) groups is 1. The number of likely N-dealkylation sites (tertiary alicyclic amines) is 1. The van der Waals surface area contributed by atoms with E-state index in [9.17, 15) is 4.79 Å². The SMILES string of the molecule is CCC(=O)NC1CCC12CCN(CCCN1CCN(C(C)C)CC1)CC2. The summed E-state index contributed by atoms with van der Waals surface area (Å²) in [6.07, 6.45) is 6.96. The van der Waals surface area contributed by atoms with Crippen molar-refractivity contribution in [3.8, 4) is 0 Å². The van der Waals surface area contributed by atoms with Gasteiger partial charge in [-0.05, 0) is 77.5 Å². The van der Waals surface area contributed by atoms with Crippen LogP contribution in [0.4, 0.5) is 0 Å². The van der Waals surface area contributed by atoms with Crippen molar-refractivity contribution in [2.24, 2.45) is 5.41 Å². The van der Waals surface area contributed by atoms with Crippen molar-refractivity contribution in [1.29, 1.82) is 0 Å². The summed E-state index contributed by atoms with van der Waals surface area (Å²) >= 11 is 0. The van der Waals surface area contributed by atoms with Gasteiger partial charge in [-0.15, -0.1) is 0 Å². The number of piperidine rings is 1. The third-order valence-electron chi connectivity index (χ3n) is 7.26. The molecule has 0 bridgehead atoms. The number of nitrogens with one attached hydrogen (secondary N) is 1. The van der Waals surface area contributed by atoms with Crippen LogP contribution in [-0.2, 0) is 4.79 Å². The molecule has 1 atom stereocenters. The van der Waals surface area contributed by atoms with Gasteiger partial charge in [-0.3, -0.25) is 9.69 Å². The van der Waals surface area contributed by atoms with Crippen molar-refractivity contribution in [2.45, 2.75) is 71.4 Å². The molecule has 1 saturated carbocycles. The molecule has 3 rings (SSSR count). The zero-order chi connectivity index (χ0) is 18.6. The van der Waals surface area contributed by atoms with Gasteiger partial charge in [-0.25, -0.2) is 0 Å². The quantitative estimate of drug-likeness (QED) is 0.751. The van der Waals surface area contributed by atoms with Gasteiger partial charge in [-0.2, -0.15) is 0 Å². The predicted octanol–water partition coefficient (Wildman–Crippen LogP) is 2.17. The molecular formula is C21H40N4O. The predicted molar refractivity (Wildman–Crippen MR) is 107 cm³/mol. The molecule has 5 heteroatoms. The second-order valence-corrected chi connectivity index (χ2v) is 9.04. The third-order valence-corrected chi connectivity index (χ3v) is 7.26. The van der Waals surface area contributed by atoms with Crippen LogP contribution in [0.15, 0.2) is 0 Å². The van der Waals surface area contributed by atoms with Gasteiger partial charge < -0.3 is 15.1 Å². The Morgan fingerprint density at radius 1 is 1.00 bits per heavy atom. The molecule has 2 saturated heterocycles. The third kappa shape index (κ3) is 4.79. The molecule has 1 aliphatic carbocycles. The Morgan fingerprint density at radius 3 is 2.12 bits per heavy atom. The van der Waals surface area contributed by atoms with Crippen molar-refractivity contribution in [3.63, 3.8) is 0 Å². The van der Waals surface area contributed by atoms with E-state index in [1.807, 2.05) is 6.92 Å². The van der Waals surface area contributed by atoms with E-state index < -0.39 is 0 Å². The van der Waals surface area contributed by atoms with Gasteiger partial charge in [0.2, 0.25) is 5.91 Å². The van der Waals surface area contributed by atoms with Crippen LogP contribution in [0.1, 0.15) is 59.3 Å². The zero-order valence-electron chi connectivity index (χ0n) is 17.3. The summed E-state index contributed by atoms with van der Waals surface area (Å²) in [7, 11) is 0. The second-order valence-electron chi connectivity index (χ2n) is 9.04. The highest BCUT2D eigenvalue weighted by Crippen LogP contribution is 2.49. The van der Waals surface area contributed by atoms with E-state index in [4.69, 9.17) is 0 Å². The molecule has 0 aromatic rings. The molecule has 0 radical (unpaired) electrons. The van der Waals surface area contributed by atoms with E-state index in [0.29, 0.717) is 23.9 Å². The number of carbonyl (C=O) groups excluding carboxylic acids is 1. The molecule has 2 heterocycles. The number of amides is 1. The average Bonchev–Trinajstić information content (AvgIpc) is 2.66. The molecular weight excluding hydrogens is 324 g/mol. The first kappa shape index (κ1) is 20.1. The minimum absolute atomic E-state index is 0.231. The van der Waals surface area contributed by atoms with Gasteiger partial charge in [0.15, 0.2) is 0 Å². The first-order chi connectivity index (χ1) is 12.5. The monoisotopic (exact) mass is 364 g/mol. The lowest BCUT2D eigenvalue weighted by molar-refractivity contribution is -0.125.